The van der Waals surface area contributed by atoms with Crippen LogP contribution in [-0.2, 0) is 12.3 Å². The van der Waals surface area contributed by atoms with Gasteiger partial charge >= 0.3 is 0 Å². The monoisotopic (exact) mass is 464 g/mol. The Bertz CT molecular complexity index is 1380. The molecule has 10 heteroatoms. The highest BCUT2D eigenvalue weighted by atomic mass is 32.2. The number of amides is 1. The molecule has 1 atom stereocenters. The molecule has 2 aromatic carbocycles. The van der Waals surface area contributed by atoms with E-state index in [1.54, 1.807) is 37.3 Å². The van der Waals surface area contributed by atoms with Crippen LogP contribution in [-0.4, -0.2) is 30.6 Å². The average Bonchev–Trinajstić information content (AvgIpc) is 3.21. The first kappa shape index (κ1) is 22.4. The van der Waals surface area contributed by atoms with Crippen LogP contribution >= 0.6 is 11.8 Å². The minimum atomic E-state index is -0.595. The molecule has 0 saturated carbocycles. The minimum absolute atomic E-state index is 0.0416. The van der Waals surface area contributed by atoms with Gasteiger partial charge in [0.2, 0.25) is 0 Å². The van der Waals surface area contributed by atoms with Crippen LogP contribution in [0.1, 0.15) is 35.0 Å². The fourth-order valence-electron chi connectivity index (χ4n) is 3.35. The number of hydrogen-bond acceptors (Lipinski definition) is 6. The number of carbonyl (C=O) groups is 1. The lowest BCUT2D eigenvalue weighted by Crippen LogP contribution is -2.29. The predicted octanol–water partition coefficient (Wildman–Crippen LogP) is 3.62. The van der Waals surface area contributed by atoms with Gasteiger partial charge in [0.15, 0.2) is 11.0 Å². The van der Waals surface area contributed by atoms with Crippen molar-refractivity contribution >= 4 is 28.6 Å². The van der Waals surface area contributed by atoms with Crippen LogP contribution in [0.3, 0.4) is 0 Å². The Balaban J connectivity index is 1.53. The van der Waals surface area contributed by atoms with E-state index in [1.807, 2.05) is 10.6 Å². The number of halogens is 1. The standard InChI is InChI=1S/C23H21FN6O2S/c1-3-12-30-20(14(2)25-21(31)15-8-4-6-10-17(15)24)28-29-23(30)33-13-19-26-18-11-7-5-9-16(18)22(32)27-19/h3-11,14H,1,12-13H2,2H3,(H,25,31)(H,26,27,32)/t14-/m1/s1. The highest BCUT2D eigenvalue weighted by Gasteiger charge is 2.21. The molecule has 33 heavy (non-hydrogen) atoms. The molecule has 168 valence electrons. The zero-order valence-electron chi connectivity index (χ0n) is 17.8. The Kier molecular flexibility index (Phi) is 6.64. The van der Waals surface area contributed by atoms with Crippen molar-refractivity contribution in [1.29, 1.82) is 0 Å². The van der Waals surface area contributed by atoms with Crippen molar-refractivity contribution in [3.63, 3.8) is 0 Å². The number of rotatable bonds is 8. The number of aromatic amines is 1. The average molecular weight is 465 g/mol. The number of para-hydroxylation sites is 1. The summed E-state index contributed by atoms with van der Waals surface area (Å²) in [5, 5.41) is 12.3. The van der Waals surface area contributed by atoms with Gasteiger partial charge in [-0.3, -0.25) is 9.59 Å². The van der Waals surface area contributed by atoms with E-state index in [9.17, 15) is 14.0 Å². The first-order valence-corrected chi connectivity index (χ1v) is 11.2. The lowest BCUT2D eigenvalue weighted by Gasteiger charge is -2.15. The van der Waals surface area contributed by atoms with Gasteiger partial charge in [0.1, 0.15) is 11.6 Å². The number of aromatic nitrogens is 5. The minimum Gasteiger partial charge on any atom is -0.342 e. The van der Waals surface area contributed by atoms with Gasteiger partial charge in [0, 0.05) is 6.54 Å². The summed E-state index contributed by atoms with van der Waals surface area (Å²) in [7, 11) is 0. The van der Waals surface area contributed by atoms with Crippen molar-refractivity contribution in [1.82, 2.24) is 30.0 Å². The quantitative estimate of drug-likeness (QED) is 0.305. The fraction of sp³-hybridized carbons (Fsp3) is 0.174. The largest absolute Gasteiger partial charge is 0.342 e. The van der Waals surface area contributed by atoms with Gasteiger partial charge < -0.3 is 14.9 Å². The zero-order chi connectivity index (χ0) is 23.4. The molecule has 0 unspecified atom stereocenters. The summed E-state index contributed by atoms with van der Waals surface area (Å²) in [6.45, 7) is 5.94. The van der Waals surface area contributed by atoms with Crippen molar-refractivity contribution in [3.05, 3.63) is 94.6 Å². The Hall–Kier alpha value is -3.79. The molecule has 0 radical (unpaired) electrons. The summed E-state index contributed by atoms with van der Waals surface area (Å²) in [6.07, 6.45) is 1.69. The van der Waals surface area contributed by atoms with E-state index >= 15 is 0 Å². The summed E-state index contributed by atoms with van der Waals surface area (Å²) < 4.78 is 15.8. The molecule has 8 nitrogen and oxygen atoms in total. The van der Waals surface area contributed by atoms with Crippen molar-refractivity contribution in [3.8, 4) is 0 Å². The summed E-state index contributed by atoms with van der Waals surface area (Å²) in [6, 6.07) is 12.4. The Morgan fingerprint density at radius 2 is 2.00 bits per heavy atom. The number of nitrogens with one attached hydrogen (secondary N) is 2. The lowest BCUT2D eigenvalue weighted by molar-refractivity contribution is 0.0933. The fourth-order valence-corrected chi connectivity index (χ4v) is 4.17. The third kappa shape index (κ3) is 4.85. The lowest BCUT2D eigenvalue weighted by atomic mass is 10.2. The van der Waals surface area contributed by atoms with Gasteiger partial charge in [-0.05, 0) is 31.2 Å². The maximum absolute atomic E-state index is 13.9. The van der Waals surface area contributed by atoms with E-state index in [-0.39, 0.29) is 11.1 Å². The Morgan fingerprint density at radius 1 is 1.24 bits per heavy atom. The molecule has 4 aromatic rings. The molecule has 2 aromatic heterocycles. The molecule has 0 aliphatic rings. The molecule has 1 amide bonds. The molecule has 0 bridgehead atoms. The molecule has 0 aliphatic heterocycles. The van der Waals surface area contributed by atoms with Gasteiger partial charge in [0.25, 0.3) is 11.5 Å². The van der Waals surface area contributed by atoms with Crippen LogP contribution < -0.4 is 10.9 Å². The number of fused-ring (bicyclic) bond motifs is 1. The number of nitrogens with zero attached hydrogens (tertiary/aromatic N) is 4. The first-order valence-electron chi connectivity index (χ1n) is 10.2. The van der Waals surface area contributed by atoms with Crippen molar-refractivity contribution in [2.24, 2.45) is 0 Å². The summed E-state index contributed by atoms with van der Waals surface area (Å²) in [5.74, 6) is 0.246. The van der Waals surface area contributed by atoms with Crippen LogP contribution in [0.25, 0.3) is 10.9 Å². The smallest absolute Gasteiger partial charge is 0.258 e. The van der Waals surface area contributed by atoms with E-state index in [2.05, 4.69) is 32.1 Å². The molecule has 0 saturated heterocycles. The molecule has 0 spiro atoms. The summed E-state index contributed by atoms with van der Waals surface area (Å²) in [4.78, 5) is 32.1. The molecule has 2 N–H and O–H groups in total. The highest BCUT2D eigenvalue weighted by Crippen LogP contribution is 2.24. The van der Waals surface area contributed by atoms with E-state index in [1.165, 1.54) is 30.0 Å². The molecule has 0 fully saturated rings. The molecular formula is C23H21FN6O2S. The number of hydrogen-bond donors (Lipinski definition) is 2. The van der Waals surface area contributed by atoms with E-state index < -0.39 is 17.8 Å². The Morgan fingerprint density at radius 3 is 2.79 bits per heavy atom. The SMILES string of the molecule is C=CCn1c(SCc2nc3ccccc3c(=O)[nH]2)nnc1[C@@H](C)NC(=O)c1ccccc1F. The maximum Gasteiger partial charge on any atom is 0.258 e. The molecular weight excluding hydrogens is 443 g/mol. The second-order valence-electron chi connectivity index (χ2n) is 7.23. The van der Waals surface area contributed by atoms with Gasteiger partial charge in [-0.25, -0.2) is 9.37 Å². The van der Waals surface area contributed by atoms with Crippen LogP contribution in [0.15, 0.2) is 71.1 Å². The maximum atomic E-state index is 13.9. The van der Waals surface area contributed by atoms with Crippen molar-refractivity contribution < 1.29 is 9.18 Å². The van der Waals surface area contributed by atoms with Crippen molar-refractivity contribution in [2.75, 3.05) is 0 Å². The number of carbonyl (C=O) groups excluding carboxylic acids is 1. The van der Waals surface area contributed by atoms with Gasteiger partial charge in [-0.15, -0.1) is 16.8 Å². The summed E-state index contributed by atoms with van der Waals surface area (Å²) in [5.41, 5.74) is 0.378. The Labute approximate surface area is 193 Å². The molecule has 4 rings (SSSR count). The number of benzene rings is 2. The number of thioether (sulfide) groups is 1. The van der Waals surface area contributed by atoms with Crippen LogP contribution in [0.4, 0.5) is 4.39 Å². The van der Waals surface area contributed by atoms with Crippen LogP contribution in [0, 0.1) is 5.82 Å². The van der Waals surface area contributed by atoms with E-state index in [0.717, 1.165) is 0 Å². The van der Waals surface area contributed by atoms with Crippen LogP contribution in [0.5, 0.6) is 0 Å². The highest BCUT2D eigenvalue weighted by molar-refractivity contribution is 7.98. The number of allylic oxidation sites excluding steroid dienone is 1. The zero-order valence-corrected chi connectivity index (χ0v) is 18.6. The first-order chi connectivity index (χ1) is 16.0. The topological polar surface area (TPSA) is 106 Å². The van der Waals surface area contributed by atoms with Gasteiger partial charge in [-0.1, -0.05) is 42.1 Å². The second-order valence-corrected chi connectivity index (χ2v) is 8.18. The van der Waals surface area contributed by atoms with Crippen molar-refractivity contribution in [2.45, 2.75) is 30.4 Å². The number of H-pyrrole nitrogens is 1. The second kappa shape index (κ2) is 9.78. The van der Waals surface area contributed by atoms with E-state index in [4.69, 9.17) is 0 Å². The van der Waals surface area contributed by atoms with E-state index in [0.29, 0.717) is 40.0 Å². The van der Waals surface area contributed by atoms with Gasteiger partial charge in [0.05, 0.1) is 28.3 Å². The molecule has 0 aliphatic carbocycles. The van der Waals surface area contributed by atoms with Crippen LogP contribution in [0.2, 0.25) is 0 Å². The predicted molar refractivity (Wildman–Crippen MR) is 124 cm³/mol. The third-order valence-corrected chi connectivity index (χ3v) is 5.89. The third-order valence-electron chi connectivity index (χ3n) is 4.91. The molecule has 2 heterocycles. The van der Waals surface area contributed by atoms with Gasteiger partial charge in [-0.2, -0.15) is 0 Å². The normalized spacial score (nSPS) is 11.9. The summed E-state index contributed by atoms with van der Waals surface area (Å²) >= 11 is 1.35.